The molecule has 1 aliphatic rings. The van der Waals surface area contributed by atoms with Crippen molar-refractivity contribution in [2.24, 2.45) is 0 Å². The second-order valence-electron chi connectivity index (χ2n) is 4.89. The van der Waals surface area contributed by atoms with Gasteiger partial charge in [0.05, 0.1) is 16.8 Å². The van der Waals surface area contributed by atoms with Crippen LogP contribution in [0.4, 0.5) is 0 Å². The number of carboxylic acid groups (broad SMARTS) is 1. The van der Waals surface area contributed by atoms with Crippen LogP contribution in [0, 0.1) is 0 Å². The Morgan fingerprint density at radius 2 is 2.00 bits per heavy atom. The van der Waals surface area contributed by atoms with Crippen LogP contribution in [-0.2, 0) is 4.79 Å². The van der Waals surface area contributed by atoms with E-state index >= 15 is 0 Å². The fourth-order valence-electron chi connectivity index (χ4n) is 2.56. The van der Waals surface area contributed by atoms with E-state index in [4.69, 9.17) is 5.11 Å². The maximum Gasteiger partial charge on any atom is 0.313 e. The maximum absolute atomic E-state index is 10.8. The van der Waals surface area contributed by atoms with E-state index in [1.165, 1.54) is 31.0 Å². The van der Waals surface area contributed by atoms with Crippen LogP contribution in [0.15, 0.2) is 29.4 Å². The molecule has 0 atom stereocenters. The number of carbonyl (C=O) groups is 1. The molecule has 1 aromatic heterocycles. The zero-order valence-electron chi connectivity index (χ0n) is 11.2. The lowest BCUT2D eigenvalue weighted by Gasteiger charge is -2.31. The smallest absolute Gasteiger partial charge is 0.313 e. The lowest BCUT2D eigenvalue weighted by atomic mass is 10.2. The van der Waals surface area contributed by atoms with E-state index < -0.39 is 5.97 Å². The molecule has 1 saturated heterocycles. The van der Waals surface area contributed by atoms with E-state index in [0.29, 0.717) is 0 Å². The Kier molecular flexibility index (Phi) is 3.82. The molecule has 106 valence electrons. The van der Waals surface area contributed by atoms with Gasteiger partial charge in [-0.3, -0.25) is 4.79 Å². The predicted octanol–water partition coefficient (Wildman–Crippen LogP) is 2.33. The summed E-state index contributed by atoms with van der Waals surface area (Å²) in [5.41, 5.74) is 1.98. The molecule has 0 aliphatic carbocycles. The van der Waals surface area contributed by atoms with Gasteiger partial charge in [0.25, 0.3) is 0 Å². The molecule has 1 aromatic carbocycles. The van der Waals surface area contributed by atoms with E-state index in [9.17, 15) is 4.79 Å². The first-order valence-electron chi connectivity index (χ1n) is 6.83. The molecule has 6 heteroatoms. The number of imidazole rings is 1. The van der Waals surface area contributed by atoms with Crippen LogP contribution in [0.2, 0.25) is 0 Å². The molecule has 0 bridgehead atoms. The topological polar surface area (TPSA) is 58.4 Å². The first-order valence-corrected chi connectivity index (χ1v) is 7.81. The Balaban J connectivity index is 2.00. The van der Waals surface area contributed by atoms with Crippen LogP contribution in [-0.4, -0.2) is 39.6 Å². The number of aromatic nitrogens is 2. The van der Waals surface area contributed by atoms with Crippen LogP contribution in [0.5, 0.6) is 0 Å². The number of fused-ring (bicyclic) bond motifs is 1. The molecule has 1 N–H and O–H groups in total. The minimum absolute atomic E-state index is 0.0389. The van der Waals surface area contributed by atoms with Gasteiger partial charge in [-0.2, -0.15) is 0 Å². The lowest BCUT2D eigenvalue weighted by molar-refractivity contribution is -0.133. The summed E-state index contributed by atoms with van der Waals surface area (Å²) < 4.78 is 2.10. The number of aliphatic carboxylic acids is 1. The van der Waals surface area contributed by atoms with Crippen LogP contribution >= 0.6 is 11.8 Å². The summed E-state index contributed by atoms with van der Waals surface area (Å²) in [5.74, 6) is -0.774. The molecule has 1 aliphatic heterocycles. The Hall–Kier alpha value is -1.69. The standard InChI is InChI=1S/C14H17N3O2S/c18-13(19)10-20-14-15-11-6-2-3-7-12(11)17(14)16-8-4-1-5-9-16/h2-3,6-7H,1,4-5,8-10H2,(H,18,19). The average Bonchev–Trinajstić information content (AvgIpc) is 2.84. The van der Waals surface area contributed by atoms with Gasteiger partial charge < -0.3 is 10.1 Å². The van der Waals surface area contributed by atoms with E-state index in [2.05, 4.69) is 14.7 Å². The molecular formula is C14H17N3O2S. The van der Waals surface area contributed by atoms with Crippen molar-refractivity contribution in [1.82, 2.24) is 9.66 Å². The van der Waals surface area contributed by atoms with Crippen LogP contribution < -0.4 is 5.01 Å². The largest absolute Gasteiger partial charge is 0.481 e. The lowest BCUT2D eigenvalue weighted by Crippen LogP contribution is -2.39. The normalized spacial score (nSPS) is 15.7. The number of rotatable bonds is 4. The predicted molar refractivity (Wildman–Crippen MR) is 79.9 cm³/mol. The molecule has 0 amide bonds. The van der Waals surface area contributed by atoms with Crippen molar-refractivity contribution >= 4 is 28.8 Å². The van der Waals surface area contributed by atoms with Gasteiger partial charge in [-0.25, -0.2) is 9.66 Å². The maximum atomic E-state index is 10.8. The first kappa shape index (κ1) is 13.3. The third kappa shape index (κ3) is 2.60. The van der Waals surface area contributed by atoms with Gasteiger partial charge >= 0.3 is 5.97 Å². The summed E-state index contributed by atoms with van der Waals surface area (Å²) in [4.78, 5) is 15.4. The fourth-order valence-corrected chi connectivity index (χ4v) is 3.31. The van der Waals surface area contributed by atoms with Gasteiger partial charge in [0.1, 0.15) is 0 Å². The molecule has 20 heavy (non-hydrogen) atoms. The molecule has 0 spiro atoms. The number of para-hydroxylation sites is 2. The summed E-state index contributed by atoms with van der Waals surface area (Å²) in [6.07, 6.45) is 3.62. The Bertz CT molecular complexity index is 620. The Morgan fingerprint density at radius 1 is 1.25 bits per heavy atom. The Morgan fingerprint density at radius 3 is 2.75 bits per heavy atom. The van der Waals surface area contributed by atoms with Crippen LogP contribution in [0.25, 0.3) is 11.0 Å². The Labute approximate surface area is 121 Å². The highest BCUT2D eigenvalue weighted by Crippen LogP contribution is 2.25. The summed E-state index contributed by atoms with van der Waals surface area (Å²) in [7, 11) is 0. The highest BCUT2D eigenvalue weighted by molar-refractivity contribution is 7.99. The number of carboxylic acids is 1. The van der Waals surface area contributed by atoms with Gasteiger partial charge in [0.15, 0.2) is 5.16 Å². The SMILES string of the molecule is O=C(O)CSc1nc2ccccc2n1N1CCCCC1. The van der Waals surface area contributed by atoms with E-state index in [0.717, 1.165) is 29.3 Å². The summed E-state index contributed by atoms with van der Waals surface area (Å²) >= 11 is 1.29. The highest BCUT2D eigenvalue weighted by atomic mass is 32.2. The van der Waals surface area contributed by atoms with E-state index in [-0.39, 0.29) is 5.75 Å². The number of hydrogen-bond acceptors (Lipinski definition) is 4. The number of nitrogens with zero attached hydrogens (tertiary/aromatic N) is 3. The molecule has 0 saturated carbocycles. The van der Waals surface area contributed by atoms with Crippen molar-refractivity contribution in [2.45, 2.75) is 24.4 Å². The number of hydrogen-bond donors (Lipinski definition) is 1. The molecule has 2 heterocycles. The second kappa shape index (κ2) is 5.75. The molecule has 1 fully saturated rings. The first-order chi connectivity index (χ1) is 9.75. The van der Waals surface area contributed by atoms with E-state index in [1.54, 1.807) is 0 Å². The minimum Gasteiger partial charge on any atom is -0.481 e. The van der Waals surface area contributed by atoms with Gasteiger partial charge in [0, 0.05) is 13.1 Å². The molecular weight excluding hydrogens is 274 g/mol. The van der Waals surface area contributed by atoms with Crippen molar-refractivity contribution in [2.75, 3.05) is 23.9 Å². The average molecular weight is 291 g/mol. The third-order valence-corrected chi connectivity index (χ3v) is 4.36. The highest BCUT2D eigenvalue weighted by Gasteiger charge is 2.19. The zero-order valence-corrected chi connectivity index (χ0v) is 12.0. The quantitative estimate of drug-likeness (QED) is 0.876. The number of benzene rings is 1. The monoisotopic (exact) mass is 291 g/mol. The van der Waals surface area contributed by atoms with Crippen LogP contribution in [0.1, 0.15) is 19.3 Å². The summed E-state index contributed by atoms with van der Waals surface area (Å²) in [5, 5.41) is 11.9. The fraction of sp³-hybridized carbons (Fsp3) is 0.429. The molecule has 5 nitrogen and oxygen atoms in total. The van der Waals surface area contributed by atoms with Crippen molar-refractivity contribution in [1.29, 1.82) is 0 Å². The molecule has 3 rings (SSSR count). The number of piperidine rings is 1. The van der Waals surface area contributed by atoms with Gasteiger partial charge in [-0.05, 0) is 31.4 Å². The molecule has 2 aromatic rings. The van der Waals surface area contributed by atoms with Crippen LogP contribution in [0.3, 0.4) is 0 Å². The van der Waals surface area contributed by atoms with Crippen molar-refractivity contribution in [3.63, 3.8) is 0 Å². The third-order valence-electron chi connectivity index (χ3n) is 3.45. The second-order valence-corrected chi connectivity index (χ2v) is 5.83. The molecule has 0 radical (unpaired) electrons. The van der Waals surface area contributed by atoms with Crippen molar-refractivity contribution in [3.8, 4) is 0 Å². The zero-order chi connectivity index (χ0) is 13.9. The number of thioether (sulfide) groups is 1. The molecule has 0 unspecified atom stereocenters. The summed E-state index contributed by atoms with van der Waals surface area (Å²) in [6, 6.07) is 7.97. The van der Waals surface area contributed by atoms with Crippen molar-refractivity contribution in [3.05, 3.63) is 24.3 Å². The van der Waals surface area contributed by atoms with Crippen molar-refractivity contribution < 1.29 is 9.90 Å². The van der Waals surface area contributed by atoms with Gasteiger partial charge in [-0.15, -0.1) is 0 Å². The van der Waals surface area contributed by atoms with E-state index in [1.807, 2.05) is 24.3 Å². The minimum atomic E-state index is -0.813. The summed E-state index contributed by atoms with van der Waals surface area (Å²) in [6.45, 7) is 2.00. The van der Waals surface area contributed by atoms with Gasteiger partial charge in [0.2, 0.25) is 0 Å². The van der Waals surface area contributed by atoms with Gasteiger partial charge in [-0.1, -0.05) is 23.9 Å².